The van der Waals surface area contributed by atoms with Gasteiger partial charge >= 0.3 is 0 Å². The first-order chi connectivity index (χ1) is 29.0. The molecule has 4 heterocycles. The molecule has 2 N–H and O–H groups in total. The predicted octanol–water partition coefficient (Wildman–Crippen LogP) is 5.52. The topological polar surface area (TPSA) is 165 Å². The van der Waals surface area contributed by atoms with Crippen molar-refractivity contribution in [3.63, 3.8) is 0 Å². The van der Waals surface area contributed by atoms with Crippen LogP contribution in [0.25, 0.3) is 10.8 Å². The van der Waals surface area contributed by atoms with Crippen molar-refractivity contribution in [1.82, 2.24) is 30.2 Å². The molecule has 0 bridgehead atoms. The normalized spacial score (nSPS) is 23.7. The van der Waals surface area contributed by atoms with Crippen molar-refractivity contribution in [2.24, 2.45) is 21.7 Å². The lowest BCUT2D eigenvalue weighted by molar-refractivity contribution is -0.172. The number of allylic oxidation sites excluding steroid dienone is 2. The van der Waals surface area contributed by atoms with E-state index in [2.05, 4.69) is 37.2 Å². The minimum absolute atomic E-state index is 0.138. The van der Waals surface area contributed by atoms with Crippen LogP contribution in [-0.4, -0.2) is 102 Å². The molecule has 1 aliphatic carbocycles. The Hall–Kier alpha value is -5.59. The molecule has 1 unspecified atom stereocenters. The number of fused-ring (bicyclic) bond motifs is 1. The van der Waals surface area contributed by atoms with Crippen LogP contribution in [0.4, 0.5) is 10.1 Å². The standard InChI is InChI=1S/C45H53ClFN9O5/c1-27(39(58)52-42-44(2,3)43(45(42,4)5)61-32-9-7-29(24-48)34(46)23-32)21-35(47)38(49-6)55-15-13-28(14-16-55)26-53-17-19-54(20-18-53)31-8-10-33-30(22-31)25-50-56(41(33)60)36-11-12-37(57)51-40(36)59/h7-10,21-23,25,28,36,42-43H,6,11-20,26H2,1-5H3,(H,52,58)(H,51,57,59)/b27-21+,38-35-/t36?,42-,43-. The van der Waals surface area contributed by atoms with Crippen molar-refractivity contribution in [3.05, 3.63) is 86.8 Å². The first-order valence-corrected chi connectivity index (χ1v) is 21.2. The highest BCUT2D eigenvalue weighted by Crippen LogP contribution is 2.55. The lowest BCUT2D eigenvalue weighted by Gasteiger charge is -2.63. The van der Waals surface area contributed by atoms with E-state index in [0.717, 1.165) is 51.3 Å². The second-order valence-corrected chi connectivity index (χ2v) is 18.2. The van der Waals surface area contributed by atoms with Crippen LogP contribution >= 0.6 is 11.6 Å². The number of piperidine rings is 2. The fourth-order valence-corrected chi connectivity index (χ4v) is 10.1. The highest BCUT2D eigenvalue weighted by atomic mass is 35.5. The summed E-state index contributed by atoms with van der Waals surface area (Å²) < 4.78 is 23.3. The molecule has 1 atom stereocenters. The fraction of sp³-hybridized carbons (Fsp3) is 0.489. The van der Waals surface area contributed by atoms with E-state index in [0.29, 0.717) is 46.1 Å². The van der Waals surface area contributed by atoms with E-state index in [-0.39, 0.29) is 53.8 Å². The number of carbonyl (C=O) groups is 3. The van der Waals surface area contributed by atoms with Gasteiger partial charge < -0.3 is 19.9 Å². The number of ether oxygens (including phenoxy) is 1. The number of nitrogens with zero attached hydrogens (tertiary/aromatic N) is 7. The van der Waals surface area contributed by atoms with Crippen LogP contribution < -0.4 is 25.8 Å². The molecule has 322 valence electrons. The second kappa shape index (κ2) is 17.4. The molecule has 16 heteroatoms. The van der Waals surface area contributed by atoms with Gasteiger partial charge in [0, 0.05) is 91.8 Å². The Morgan fingerprint density at radius 3 is 2.41 bits per heavy atom. The van der Waals surface area contributed by atoms with Crippen LogP contribution in [0.2, 0.25) is 5.02 Å². The van der Waals surface area contributed by atoms with Crippen LogP contribution in [-0.2, 0) is 14.4 Å². The van der Waals surface area contributed by atoms with Gasteiger partial charge in [0.15, 0.2) is 11.6 Å². The zero-order valence-electron chi connectivity index (χ0n) is 35.3. The number of carbonyl (C=O) groups excluding carboxylic acids is 3. The van der Waals surface area contributed by atoms with Crippen LogP contribution in [0.1, 0.15) is 71.9 Å². The number of nitrogens with one attached hydrogen (secondary N) is 2. The molecular formula is C45H53ClFN9O5. The molecule has 0 radical (unpaired) electrons. The third-order valence-electron chi connectivity index (χ3n) is 13.0. The quantitative estimate of drug-likeness (QED) is 0.109. The predicted molar refractivity (Wildman–Crippen MR) is 232 cm³/mol. The van der Waals surface area contributed by atoms with Gasteiger partial charge in [0.1, 0.15) is 24.0 Å². The minimum atomic E-state index is -0.806. The molecule has 4 fully saturated rings. The average molecular weight is 854 g/mol. The molecular weight excluding hydrogens is 801 g/mol. The SMILES string of the molecule is C=N/C(=C(F)\C=C(/C)C(=O)N[C@H]1C(C)(C)[C@H](Oc2ccc(C#N)c(Cl)c2)C1(C)C)N1CCC(CN2CCN(c3ccc4c(=O)n(C5CCC(=O)NC5=O)ncc4c3)CC2)CC1. The maximum absolute atomic E-state index is 15.8. The van der Waals surface area contributed by atoms with Gasteiger partial charge in [-0.2, -0.15) is 10.4 Å². The first kappa shape index (κ1) is 43.5. The van der Waals surface area contributed by atoms with Crippen molar-refractivity contribution in [1.29, 1.82) is 5.26 Å². The van der Waals surface area contributed by atoms with Crippen molar-refractivity contribution < 1.29 is 23.5 Å². The molecule has 3 aromatic rings. The zero-order chi connectivity index (χ0) is 43.8. The molecule has 2 aromatic carbocycles. The number of aromatic nitrogens is 2. The highest BCUT2D eigenvalue weighted by molar-refractivity contribution is 6.31. The molecule has 1 saturated carbocycles. The van der Waals surface area contributed by atoms with Crippen LogP contribution in [0, 0.1) is 28.1 Å². The molecule has 61 heavy (non-hydrogen) atoms. The number of hydrogen-bond donors (Lipinski definition) is 2. The van der Waals surface area contributed by atoms with Gasteiger partial charge in [-0.25, -0.2) is 14.1 Å². The van der Waals surface area contributed by atoms with Crippen molar-refractivity contribution in [2.75, 3.05) is 50.7 Å². The molecule has 3 aliphatic heterocycles. The Labute approximate surface area is 360 Å². The lowest BCUT2D eigenvalue weighted by Crippen LogP contribution is -2.74. The number of piperazine rings is 1. The summed E-state index contributed by atoms with van der Waals surface area (Å²) in [5.41, 5.74) is 0.298. The van der Waals surface area contributed by atoms with E-state index in [9.17, 15) is 24.4 Å². The summed E-state index contributed by atoms with van der Waals surface area (Å²) in [5, 5.41) is 20.4. The summed E-state index contributed by atoms with van der Waals surface area (Å²) in [6.07, 6.45) is 4.72. The van der Waals surface area contributed by atoms with E-state index in [4.69, 9.17) is 16.3 Å². The number of imide groups is 1. The van der Waals surface area contributed by atoms with Crippen LogP contribution in [0.5, 0.6) is 5.75 Å². The summed E-state index contributed by atoms with van der Waals surface area (Å²) in [6, 6.07) is 11.6. The smallest absolute Gasteiger partial charge is 0.275 e. The summed E-state index contributed by atoms with van der Waals surface area (Å²) in [4.78, 5) is 61.4. The third-order valence-corrected chi connectivity index (χ3v) is 13.3. The number of benzene rings is 2. The van der Waals surface area contributed by atoms with Crippen LogP contribution in [0.15, 0.2) is 75.7 Å². The van der Waals surface area contributed by atoms with Gasteiger partial charge in [-0.05, 0) is 75.2 Å². The van der Waals surface area contributed by atoms with Gasteiger partial charge in [0.2, 0.25) is 11.8 Å². The van der Waals surface area contributed by atoms with Crippen molar-refractivity contribution >= 4 is 52.5 Å². The number of nitriles is 1. The molecule has 1 aromatic heterocycles. The minimum Gasteiger partial charge on any atom is -0.489 e. The number of hydrogen-bond acceptors (Lipinski definition) is 11. The van der Waals surface area contributed by atoms with Crippen LogP contribution in [0.3, 0.4) is 0 Å². The molecule has 7 rings (SSSR count). The average Bonchev–Trinajstić information content (AvgIpc) is 3.23. The van der Waals surface area contributed by atoms with Crippen molar-refractivity contribution in [3.8, 4) is 11.8 Å². The van der Waals surface area contributed by atoms with Gasteiger partial charge in [-0.15, -0.1) is 0 Å². The highest BCUT2D eigenvalue weighted by Gasteiger charge is 2.64. The Morgan fingerprint density at radius 1 is 1.07 bits per heavy atom. The monoisotopic (exact) mass is 853 g/mol. The van der Waals surface area contributed by atoms with E-state index in [1.807, 2.05) is 50.8 Å². The van der Waals surface area contributed by atoms with Gasteiger partial charge in [0.25, 0.3) is 11.5 Å². The maximum atomic E-state index is 15.8. The Kier molecular flexibility index (Phi) is 12.4. The Bertz CT molecular complexity index is 2390. The Balaban J connectivity index is 0.890. The number of amides is 3. The number of aliphatic imine (C=N–C) groups is 1. The van der Waals surface area contributed by atoms with Gasteiger partial charge in [-0.3, -0.25) is 29.4 Å². The fourth-order valence-electron chi connectivity index (χ4n) is 9.85. The molecule has 3 amide bonds. The summed E-state index contributed by atoms with van der Waals surface area (Å²) in [5.74, 6) is -0.715. The summed E-state index contributed by atoms with van der Waals surface area (Å²) >= 11 is 6.24. The molecule has 14 nitrogen and oxygen atoms in total. The van der Waals surface area contributed by atoms with E-state index in [1.165, 1.54) is 10.8 Å². The zero-order valence-corrected chi connectivity index (χ0v) is 36.1. The number of rotatable bonds is 11. The van der Waals surface area contributed by atoms with E-state index >= 15 is 4.39 Å². The number of anilines is 1. The van der Waals surface area contributed by atoms with Gasteiger partial charge in [-0.1, -0.05) is 39.3 Å². The summed E-state index contributed by atoms with van der Waals surface area (Å²) in [6.45, 7) is 18.9. The maximum Gasteiger partial charge on any atom is 0.275 e. The number of likely N-dealkylation sites (tertiary alicyclic amines) is 1. The largest absolute Gasteiger partial charge is 0.489 e. The van der Waals surface area contributed by atoms with E-state index < -0.39 is 28.6 Å². The van der Waals surface area contributed by atoms with Gasteiger partial charge in [0.05, 0.1) is 22.2 Å². The first-order valence-electron chi connectivity index (χ1n) is 20.8. The molecule has 0 spiro atoms. The summed E-state index contributed by atoms with van der Waals surface area (Å²) in [7, 11) is 0. The molecule has 4 aliphatic rings. The Morgan fingerprint density at radius 2 is 1.77 bits per heavy atom. The third kappa shape index (κ3) is 8.79. The van der Waals surface area contributed by atoms with E-state index in [1.54, 1.807) is 37.4 Å². The number of halogens is 2. The molecule has 3 saturated heterocycles. The van der Waals surface area contributed by atoms with Crippen molar-refractivity contribution in [2.45, 2.75) is 78.5 Å². The lowest BCUT2D eigenvalue weighted by atomic mass is 9.49. The second-order valence-electron chi connectivity index (χ2n) is 17.8.